The number of amides is 1. The monoisotopic (exact) mass is 251 g/mol. The molecule has 2 heterocycles. The first-order chi connectivity index (χ1) is 8.66. The summed E-state index contributed by atoms with van der Waals surface area (Å²) in [6.07, 6.45) is 3.26. The Morgan fingerprint density at radius 1 is 1.50 bits per heavy atom. The van der Waals surface area contributed by atoms with E-state index in [0.29, 0.717) is 11.6 Å². The van der Waals surface area contributed by atoms with E-state index >= 15 is 0 Å². The molecular formula is C13H18FN3O. The summed E-state index contributed by atoms with van der Waals surface area (Å²) in [6, 6.07) is 2.69. The van der Waals surface area contributed by atoms with Gasteiger partial charge in [0.15, 0.2) is 0 Å². The second-order valence-corrected chi connectivity index (χ2v) is 4.74. The number of nitrogens with one attached hydrogen (secondary N) is 1. The number of aromatic nitrogens is 1. The molecule has 5 heteroatoms. The standard InChI is InChI=1S/C13H18FN3O/c1-17(9-10-4-6-15-7-5-10)13(18)12-3-2-11(14)8-16-12/h2-3,8,10,15H,4-7,9H2,1H3. The number of hydrogen-bond acceptors (Lipinski definition) is 3. The third-order valence-corrected chi connectivity index (χ3v) is 3.28. The fraction of sp³-hybridized carbons (Fsp3) is 0.538. The molecule has 0 saturated carbocycles. The third kappa shape index (κ3) is 3.26. The number of halogens is 1. The smallest absolute Gasteiger partial charge is 0.272 e. The van der Waals surface area contributed by atoms with Gasteiger partial charge >= 0.3 is 0 Å². The van der Waals surface area contributed by atoms with Crippen molar-refractivity contribution in [2.24, 2.45) is 5.92 Å². The van der Waals surface area contributed by atoms with Crippen molar-refractivity contribution in [1.82, 2.24) is 15.2 Å². The fourth-order valence-corrected chi connectivity index (χ4v) is 2.23. The highest BCUT2D eigenvalue weighted by Crippen LogP contribution is 2.13. The fourth-order valence-electron chi connectivity index (χ4n) is 2.23. The minimum absolute atomic E-state index is 0.145. The lowest BCUT2D eigenvalue weighted by Gasteiger charge is -2.27. The second-order valence-electron chi connectivity index (χ2n) is 4.74. The Hall–Kier alpha value is -1.49. The van der Waals surface area contributed by atoms with E-state index in [1.807, 2.05) is 0 Å². The van der Waals surface area contributed by atoms with Crippen LogP contribution in [0.3, 0.4) is 0 Å². The van der Waals surface area contributed by atoms with Gasteiger partial charge in [0.25, 0.3) is 5.91 Å². The van der Waals surface area contributed by atoms with Gasteiger partial charge in [0.1, 0.15) is 11.5 Å². The molecular weight excluding hydrogens is 233 g/mol. The van der Waals surface area contributed by atoms with E-state index in [-0.39, 0.29) is 5.91 Å². The molecule has 0 unspecified atom stereocenters. The van der Waals surface area contributed by atoms with Gasteiger partial charge in [-0.25, -0.2) is 9.37 Å². The Balaban J connectivity index is 1.93. The zero-order chi connectivity index (χ0) is 13.0. The predicted molar refractivity (Wildman–Crippen MR) is 66.7 cm³/mol. The number of pyridine rings is 1. The average Bonchev–Trinajstić information content (AvgIpc) is 2.40. The zero-order valence-electron chi connectivity index (χ0n) is 10.5. The molecule has 1 aromatic rings. The van der Waals surface area contributed by atoms with Gasteiger partial charge in [0.05, 0.1) is 6.20 Å². The molecule has 1 aliphatic rings. The Labute approximate surface area is 106 Å². The molecule has 0 bridgehead atoms. The van der Waals surface area contributed by atoms with Crippen molar-refractivity contribution in [2.75, 3.05) is 26.7 Å². The van der Waals surface area contributed by atoms with Gasteiger partial charge in [-0.1, -0.05) is 0 Å². The van der Waals surface area contributed by atoms with Crippen molar-refractivity contribution >= 4 is 5.91 Å². The SMILES string of the molecule is CN(CC1CCNCC1)C(=O)c1ccc(F)cn1. The molecule has 18 heavy (non-hydrogen) atoms. The average molecular weight is 251 g/mol. The Morgan fingerprint density at radius 2 is 2.22 bits per heavy atom. The van der Waals surface area contributed by atoms with Crippen molar-refractivity contribution in [2.45, 2.75) is 12.8 Å². The molecule has 4 nitrogen and oxygen atoms in total. The van der Waals surface area contributed by atoms with E-state index in [0.717, 1.165) is 38.7 Å². The zero-order valence-corrected chi connectivity index (χ0v) is 10.5. The molecule has 1 fully saturated rings. The Morgan fingerprint density at radius 3 is 2.83 bits per heavy atom. The number of piperidine rings is 1. The predicted octanol–water partition coefficient (Wildman–Crippen LogP) is 1.29. The summed E-state index contributed by atoms with van der Waals surface area (Å²) in [5.74, 6) is -0.0262. The summed E-state index contributed by atoms with van der Waals surface area (Å²) in [6.45, 7) is 2.77. The molecule has 1 N–H and O–H groups in total. The maximum Gasteiger partial charge on any atom is 0.272 e. The van der Waals surface area contributed by atoms with Gasteiger partial charge in [-0.15, -0.1) is 0 Å². The van der Waals surface area contributed by atoms with Gasteiger partial charge in [-0.3, -0.25) is 4.79 Å². The first-order valence-electron chi connectivity index (χ1n) is 6.24. The summed E-state index contributed by atoms with van der Waals surface area (Å²) in [5, 5.41) is 3.30. The molecule has 98 valence electrons. The van der Waals surface area contributed by atoms with Crippen LogP contribution in [0.4, 0.5) is 4.39 Å². The van der Waals surface area contributed by atoms with Crippen LogP contribution in [0, 0.1) is 11.7 Å². The van der Waals surface area contributed by atoms with Crippen LogP contribution in [-0.2, 0) is 0 Å². The first-order valence-corrected chi connectivity index (χ1v) is 6.24. The normalized spacial score (nSPS) is 16.6. The third-order valence-electron chi connectivity index (χ3n) is 3.28. The lowest BCUT2D eigenvalue weighted by atomic mass is 9.97. The molecule has 0 aliphatic carbocycles. The Bertz CT molecular complexity index is 401. The van der Waals surface area contributed by atoms with Crippen molar-refractivity contribution < 1.29 is 9.18 Å². The molecule has 2 rings (SSSR count). The van der Waals surface area contributed by atoms with E-state index in [9.17, 15) is 9.18 Å². The highest BCUT2D eigenvalue weighted by molar-refractivity contribution is 5.92. The summed E-state index contributed by atoms with van der Waals surface area (Å²) in [7, 11) is 1.77. The highest BCUT2D eigenvalue weighted by atomic mass is 19.1. The van der Waals surface area contributed by atoms with E-state index in [4.69, 9.17) is 0 Å². The minimum Gasteiger partial charge on any atom is -0.340 e. The Kier molecular flexibility index (Phi) is 4.25. The van der Waals surface area contributed by atoms with E-state index in [1.165, 1.54) is 12.1 Å². The molecule has 1 aliphatic heterocycles. The summed E-state index contributed by atoms with van der Waals surface area (Å²) in [5.41, 5.74) is 0.299. The number of nitrogens with zero attached hydrogens (tertiary/aromatic N) is 2. The largest absolute Gasteiger partial charge is 0.340 e. The van der Waals surface area contributed by atoms with Gasteiger partial charge in [0, 0.05) is 13.6 Å². The quantitative estimate of drug-likeness (QED) is 0.880. The first kappa shape index (κ1) is 13.0. The molecule has 1 amide bonds. The molecule has 0 spiro atoms. The molecule has 1 aromatic heterocycles. The van der Waals surface area contributed by atoms with E-state index < -0.39 is 5.82 Å². The van der Waals surface area contributed by atoms with Crippen LogP contribution in [0.1, 0.15) is 23.3 Å². The summed E-state index contributed by atoms with van der Waals surface area (Å²) in [4.78, 5) is 17.5. The van der Waals surface area contributed by atoms with Crippen LogP contribution in [0.15, 0.2) is 18.3 Å². The van der Waals surface area contributed by atoms with Crippen LogP contribution in [0.2, 0.25) is 0 Å². The summed E-state index contributed by atoms with van der Waals surface area (Å²) >= 11 is 0. The van der Waals surface area contributed by atoms with Gasteiger partial charge in [0.2, 0.25) is 0 Å². The maximum absolute atomic E-state index is 12.7. The number of rotatable bonds is 3. The number of carbonyl (C=O) groups is 1. The van der Waals surface area contributed by atoms with E-state index in [2.05, 4.69) is 10.3 Å². The molecule has 1 saturated heterocycles. The lowest BCUT2D eigenvalue weighted by Crippen LogP contribution is -2.37. The topological polar surface area (TPSA) is 45.2 Å². The number of carbonyl (C=O) groups excluding carboxylic acids is 1. The summed E-state index contributed by atoms with van der Waals surface area (Å²) < 4.78 is 12.7. The van der Waals surface area contributed by atoms with Crippen molar-refractivity contribution in [3.8, 4) is 0 Å². The molecule has 0 aromatic carbocycles. The van der Waals surface area contributed by atoms with Gasteiger partial charge < -0.3 is 10.2 Å². The van der Waals surface area contributed by atoms with Crippen LogP contribution >= 0.6 is 0 Å². The molecule has 0 atom stereocenters. The van der Waals surface area contributed by atoms with Gasteiger partial charge in [-0.2, -0.15) is 0 Å². The lowest BCUT2D eigenvalue weighted by molar-refractivity contribution is 0.0757. The molecule has 0 radical (unpaired) electrons. The number of hydrogen-bond donors (Lipinski definition) is 1. The van der Waals surface area contributed by atoms with Crippen molar-refractivity contribution in [3.63, 3.8) is 0 Å². The second kappa shape index (κ2) is 5.91. The minimum atomic E-state index is -0.424. The van der Waals surface area contributed by atoms with Crippen LogP contribution < -0.4 is 5.32 Å². The maximum atomic E-state index is 12.7. The van der Waals surface area contributed by atoms with E-state index in [1.54, 1.807) is 11.9 Å². The van der Waals surface area contributed by atoms with Crippen LogP contribution in [0.25, 0.3) is 0 Å². The van der Waals surface area contributed by atoms with Crippen LogP contribution in [-0.4, -0.2) is 42.5 Å². The van der Waals surface area contributed by atoms with Crippen molar-refractivity contribution in [3.05, 3.63) is 29.8 Å². The van der Waals surface area contributed by atoms with Gasteiger partial charge in [-0.05, 0) is 44.0 Å². The van der Waals surface area contributed by atoms with Crippen LogP contribution in [0.5, 0.6) is 0 Å². The highest BCUT2D eigenvalue weighted by Gasteiger charge is 2.19. The van der Waals surface area contributed by atoms with Crippen molar-refractivity contribution in [1.29, 1.82) is 0 Å².